The number of amides is 1. The van der Waals surface area contributed by atoms with Gasteiger partial charge in [0.05, 0.1) is 0 Å². The van der Waals surface area contributed by atoms with Crippen LogP contribution in [0.2, 0.25) is 0 Å². The summed E-state index contributed by atoms with van der Waals surface area (Å²) in [7, 11) is 0. The summed E-state index contributed by atoms with van der Waals surface area (Å²) in [5.41, 5.74) is 0. The Morgan fingerprint density at radius 1 is 1.83 bits per heavy atom. The second-order valence-electron chi connectivity index (χ2n) is 0.927. The van der Waals surface area contributed by atoms with E-state index in [9.17, 15) is 9.90 Å². The van der Waals surface area contributed by atoms with Crippen molar-refractivity contribution in [2.24, 2.45) is 0 Å². The van der Waals surface area contributed by atoms with E-state index in [4.69, 9.17) is 0 Å². The van der Waals surface area contributed by atoms with Crippen LogP contribution in [0.3, 0.4) is 0 Å². The average molecular weight is 88.1 g/mol. The van der Waals surface area contributed by atoms with Gasteiger partial charge in [-0.1, -0.05) is 0 Å². The number of carbonyl (C=O) groups is 1. The molecule has 1 N–H and O–H groups in total. The van der Waals surface area contributed by atoms with Crippen LogP contribution in [-0.4, -0.2) is 12.6 Å². The molecular weight excluding hydrogens is 82.0 g/mol. The van der Waals surface area contributed by atoms with Gasteiger partial charge in [-0.15, -0.1) is 0 Å². The molecule has 0 saturated carbocycles. The molecule has 0 bridgehead atoms. The Labute approximate surface area is 36.0 Å². The lowest BCUT2D eigenvalue weighted by Gasteiger charge is -1.92. The van der Waals surface area contributed by atoms with Crippen molar-refractivity contribution in [3.8, 4) is 0 Å². The maximum absolute atomic E-state index is 9.78. The Balaban J connectivity index is 2.81. The lowest BCUT2D eigenvalue weighted by atomic mass is 10.7. The summed E-state index contributed by atoms with van der Waals surface area (Å²) in [6.07, 6.45) is -0.583. The van der Waals surface area contributed by atoms with Crippen LogP contribution in [0.25, 0.3) is 0 Å². The van der Waals surface area contributed by atoms with Gasteiger partial charge in [-0.3, -0.25) is 4.79 Å². The van der Waals surface area contributed by atoms with Gasteiger partial charge in [-0.05, 0) is 6.92 Å². The van der Waals surface area contributed by atoms with Gasteiger partial charge in [0.15, 0.2) is 6.23 Å². The van der Waals surface area contributed by atoms with E-state index in [1.54, 1.807) is 0 Å². The highest BCUT2D eigenvalue weighted by Gasteiger charge is 1.86. The summed E-state index contributed by atoms with van der Waals surface area (Å²) in [6, 6.07) is 0. The van der Waals surface area contributed by atoms with E-state index in [-0.39, 0.29) is 0 Å². The Bertz CT molecular complexity index is 44.1. The molecule has 1 unspecified atom stereocenters. The highest BCUT2D eigenvalue weighted by atomic mass is 16.3. The minimum atomic E-state index is -0.970. The Kier molecular flexibility index (Phi) is 2.40. The van der Waals surface area contributed by atoms with Crippen LogP contribution in [0.5, 0.6) is 0 Å². The van der Waals surface area contributed by atoms with E-state index in [1.165, 1.54) is 6.92 Å². The number of nitrogens with one attached hydrogen (secondary N) is 1. The summed E-state index contributed by atoms with van der Waals surface area (Å²) in [6.45, 7) is 1.36. The van der Waals surface area contributed by atoms with Crippen molar-refractivity contribution in [2.75, 3.05) is 0 Å². The van der Waals surface area contributed by atoms with Crippen molar-refractivity contribution < 1.29 is 9.90 Å². The third kappa shape index (κ3) is 3.43. The number of rotatable bonds is 2. The maximum atomic E-state index is 9.78. The summed E-state index contributed by atoms with van der Waals surface area (Å²) >= 11 is 0. The monoisotopic (exact) mass is 88.0 g/mol. The molecule has 0 aliphatic carbocycles. The number of hydrogen-bond donors (Lipinski definition) is 1. The first kappa shape index (κ1) is 5.43. The molecule has 1 atom stereocenters. The average Bonchev–Trinajstić information content (AvgIpc) is 1.35. The second kappa shape index (κ2) is 2.66. The van der Waals surface area contributed by atoms with Gasteiger partial charge in [-0.2, -0.15) is 0 Å². The molecule has 0 aromatic rings. The normalized spacial score (nSPS) is 13.0. The number of hydrogen-bond acceptors (Lipinski definition) is 1. The first-order valence-corrected chi connectivity index (χ1v) is 1.63. The van der Waals surface area contributed by atoms with E-state index in [1.807, 2.05) is 5.32 Å². The van der Waals surface area contributed by atoms with Crippen molar-refractivity contribution >= 4 is 6.41 Å². The first-order valence-electron chi connectivity index (χ1n) is 1.63. The molecular formula is C3H6NO2. The van der Waals surface area contributed by atoms with E-state index in [2.05, 4.69) is 0 Å². The van der Waals surface area contributed by atoms with Crippen molar-refractivity contribution in [1.82, 2.24) is 5.32 Å². The molecule has 0 saturated heterocycles. The third-order valence-electron chi connectivity index (χ3n) is 0.303. The van der Waals surface area contributed by atoms with Gasteiger partial charge < -0.3 is 5.32 Å². The van der Waals surface area contributed by atoms with Crippen LogP contribution in [0.1, 0.15) is 6.92 Å². The molecule has 0 aliphatic rings. The van der Waals surface area contributed by atoms with Crippen LogP contribution in [-0.2, 0) is 9.90 Å². The summed E-state index contributed by atoms with van der Waals surface area (Å²) < 4.78 is 0. The van der Waals surface area contributed by atoms with Crippen molar-refractivity contribution in [1.29, 1.82) is 0 Å². The van der Waals surface area contributed by atoms with Crippen LogP contribution in [0.4, 0.5) is 0 Å². The Morgan fingerprint density at radius 3 is 2.33 bits per heavy atom. The predicted octanol–water partition coefficient (Wildman–Crippen LogP) is -0.491. The molecule has 0 aliphatic heterocycles. The van der Waals surface area contributed by atoms with E-state index >= 15 is 0 Å². The van der Waals surface area contributed by atoms with Crippen molar-refractivity contribution in [3.05, 3.63) is 0 Å². The zero-order chi connectivity index (χ0) is 4.99. The van der Waals surface area contributed by atoms with Gasteiger partial charge in [0.2, 0.25) is 6.41 Å². The summed E-state index contributed by atoms with van der Waals surface area (Å²) in [5, 5.41) is 11.8. The van der Waals surface area contributed by atoms with E-state index < -0.39 is 6.23 Å². The first-order chi connectivity index (χ1) is 2.77. The zero-order valence-electron chi connectivity index (χ0n) is 3.47. The van der Waals surface area contributed by atoms with Crippen LogP contribution in [0, 0.1) is 0 Å². The van der Waals surface area contributed by atoms with Crippen molar-refractivity contribution in [3.63, 3.8) is 0 Å². The topological polar surface area (TPSA) is 49.0 Å². The molecule has 0 aromatic heterocycles. The molecule has 3 nitrogen and oxygen atoms in total. The molecule has 0 heterocycles. The Morgan fingerprint density at radius 2 is 2.33 bits per heavy atom. The Hall–Kier alpha value is -0.570. The molecule has 0 fully saturated rings. The highest BCUT2D eigenvalue weighted by Crippen LogP contribution is 1.63. The van der Waals surface area contributed by atoms with Gasteiger partial charge in [0.25, 0.3) is 0 Å². The lowest BCUT2D eigenvalue weighted by Crippen LogP contribution is -2.21. The molecule has 0 aromatic carbocycles. The lowest BCUT2D eigenvalue weighted by molar-refractivity contribution is -0.112. The molecule has 3 heteroatoms. The predicted molar refractivity (Wildman–Crippen MR) is 19.3 cm³/mol. The number of carbonyl (C=O) groups excluding carboxylic acids is 1. The minimum absolute atomic E-state index is 0.387. The van der Waals surface area contributed by atoms with Gasteiger partial charge in [0, 0.05) is 0 Å². The third-order valence-corrected chi connectivity index (χ3v) is 0.303. The summed E-state index contributed by atoms with van der Waals surface area (Å²) in [4.78, 5) is 9.30. The molecule has 6 heavy (non-hydrogen) atoms. The quantitative estimate of drug-likeness (QED) is 0.359. The summed E-state index contributed by atoms with van der Waals surface area (Å²) in [5.74, 6) is 0. The SMILES string of the molecule is CC([O])NC=O. The fourth-order valence-electron chi connectivity index (χ4n) is 0.0958. The zero-order valence-corrected chi connectivity index (χ0v) is 3.47. The molecule has 0 rings (SSSR count). The van der Waals surface area contributed by atoms with E-state index in [0.717, 1.165) is 0 Å². The standard InChI is InChI=1S/C3H6NO2/c1-3(6)4-2-5/h2-3H,1H3,(H,4,5). The highest BCUT2D eigenvalue weighted by molar-refractivity contribution is 5.45. The van der Waals surface area contributed by atoms with Gasteiger partial charge in [-0.25, -0.2) is 5.11 Å². The van der Waals surface area contributed by atoms with Crippen LogP contribution >= 0.6 is 0 Å². The second-order valence-corrected chi connectivity index (χ2v) is 0.927. The van der Waals surface area contributed by atoms with Crippen LogP contribution < -0.4 is 5.32 Å². The van der Waals surface area contributed by atoms with Gasteiger partial charge in [0.1, 0.15) is 0 Å². The molecule has 35 valence electrons. The fourth-order valence-corrected chi connectivity index (χ4v) is 0.0958. The molecule has 1 radical (unpaired) electrons. The van der Waals surface area contributed by atoms with Crippen molar-refractivity contribution in [2.45, 2.75) is 13.2 Å². The van der Waals surface area contributed by atoms with Crippen LogP contribution in [0.15, 0.2) is 0 Å². The molecule has 0 spiro atoms. The minimum Gasteiger partial charge on any atom is -0.331 e. The van der Waals surface area contributed by atoms with Gasteiger partial charge >= 0.3 is 0 Å². The van der Waals surface area contributed by atoms with E-state index in [0.29, 0.717) is 6.41 Å². The maximum Gasteiger partial charge on any atom is 0.209 e. The largest absolute Gasteiger partial charge is 0.331 e. The fraction of sp³-hybridized carbons (Fsp3) is 0.667. The smallest absolute Gasteiger partial charge is 0.209 e. The molecule has 1 amide bonds.